The van der Waals surface area contributed by atoms with E-state index in [1.807, 2.05) is 0 Å². The molecule has 0 unspecified atom stereocenters. The quantitative estimate of drug-likeness (QED) is 0.275. The van der Waals surface area contributed by atoms with E-state index in [9.17, 15) is 49.0 Å². The Balaban J connectivity index is 1.76. The Hall–Kier alpha value is -3.88. The number of aliphatic hydroxyl groups excluding tert-OH is 1. The number of hydrogen-bond donors (Lipinski definition) is 1. The van der Waals surface area contributed by atoms with E-state index in [2.05, 4.69) is 9.47 Å². The van der Waals surface area contributed by atoms with Gasteiger partial charge in [0.25, 0.3) is 0 Å². The number of anilines is 1. The van der Waals surface area contributed by atoms with Crippen LogP contribution in [-0.2, 0) is 0 Å². The molecule has 3 aromatic rings. The Kier molecular flexibility index (Phi) is 8.21. The first-order valence-corrected chi connectivity index (χ1v) is 11.6. The van der Waals surface area contributed by atoms with Crippen molar-refractivity contribution < 1.29 is 63.2 Å². The number of para-hydroxylation sites is 1. The van der Waals surface area contributed by atoms with Gasteiger partial charge in [0, 0.05) is 5.56 Å². The van der Waals surface area contributed by atoms with Crippen LogP contribution in [0.25, 0.3) is 11.1 Å². The first-order valence-electron chi connectivity index (χ1n) is 11.6. The van der Waals surface area contributed by atoms with Crippen molar-refractivity contribution in [3.05, 3.63) is 72.3 Å². The molecule has 3 aromatic carbocycles. The van der Waals surface area contributed by atoms with Crippen LogP contribution < -0.4 is 19.1 Å². The molecule has 0 aliphatic carbocycles. The molecule has 4 rings (SSSR count). The Morgan fingerprint density at radius 2 is 1.49 bits per heavy atom. The minimum atomic E-state index is -5.06. The minimum absolute atomic E-state index is 0.0200. The van der Waals surface area contributed by atoms with Crippen molar-refractivity contribution in [2.75, 3.05) is 18.1 Å². The molecule has 0 amide bonds. The van der Waals surface area contributed by atoms with E-state index in [1.54, 1.807) is 0 Å². The third-order valence-electron chi connectivity index (χ3n) is 5.94. The van der Waals surface area contributed by atoms with E-state index in [0.717, 1.165) is 35.2 Å². The maximum absolute atomic E-state index is 13.5. The zero-order chi connectivity index (χ0) is 30.2. The van der Waals surface area contributed by atoms with Crippen molar-refractivity contribution >= 4 is 5.69 Å². The number of benzene rings is 3. The summed E-state index contributed by atoms with van der Waals surface area (Å²) in [6.07, 6.45) is -21.9. The summed E-state index contributed by atoms with van der Waals surface area (Å²) in [5, 5.41) is 9.89. The van der Waals surface area contributed by atoms with Crippen molar-refractivity contribution in [3.8, 4) is 28.4 Å². The van der Waals surface area contributed by atoms with Crippen LogP contribution in [0.15, 0.2) is 66.7 Å². The minimum Gasteiger partial charge on any atom is -0.488 e. The van der Waals surface area contributed by atoms with Crippen molar-refractivity contribution in [1.82, 2.24) is 0 Å². The summed E-state index contributed by atoms with van der Waals surface area (Å²) >= 11 is 0. The summed E-state index contributed by atoms with van der Waals surface area (Å²) in [7, 11) is 0. The number of aliphatic hydroxyl groups is 1. The highest BCUT2D eigenvalue weighted by atomic mass is 19.4. The van der Waals surface area contributed by atoms with Gasteiger partial charge in [-0.3, -0.25) is 0 Å². The van der Waals surface area contributed by atoms with Gasteiger partial charge in [0.1, 0.15) is 18.1 Å². The highest BCUT2D eigenvalue weighted by Crippen LogP contribution is 2.46. The number of β-amino-alcohol motifs (C(OH)–C–C–N with tert-alkyl or cyclic N) is 1. The fraction of sp³-hybridized carbons (Fsp3) is 0.308. The number of hydrogen-bond acceptors (Lipinski definition) is 5. The molecule has 1 heterocycles. The van der Waals surface area contributed by atoms with E-state index in [4.69, 9.17) is 4.74 Å². The average molecular weight is 599 g/mol. The van der Waals surface area contributed by atoms with Gasteiger partial charge < -0.3 is 24.2 Å². The summed E-state index contributed by atoms with van der Waals surface area (Å²) in [5.41, 5.74) is 0.337. The lowest BCUT2D eigenvalue weighted by molar-refractivity contribution is -0.274. The molecule has 1 aliphatic heterocycles. The molecule has 0 saturated carbocycles. The first-order chi connectivity index (χ1) is 19.0. The zero-order valence-electron chi connectivity index (χ0n) is 20.4. The monoisotopic (exact) mass is 599 g/mol. The Morgan fingerprint density at radius 3 is 2.12 bits per heavy atom. The van der Waals surface area contributed by atoms with Gasteiger partial charge in [-0.15, -0.1) is 13.2 Å². The molecule has 0 fully saturated rings. The van der Waals surface area contributed by atoms with Gasteiger partial charge >= 0.3 is 25.1 Å². The van der Waals surface area contributed by atoms with Gasteiger partial charge in [0.15, 0.2) is 11.9 Å². The summed E-state index contributed by atoms with van der Waals surface area (Å²) in [6.45, 7) is -1.49. The number of nitrogens with zero attached hydrogens (tertiary/aromatic N) is 1. The maximum atomic E-state index is 13.5. The lowest BCUT2D eigenvalue weighted by Gasteiger charge is -2.41. The van der Waals surface area contributed by atoms with Gasteiger partial charge in [0.2, 0.25) is 0 Å². The number of alkyl halides is 10. The number of halogens is 10. The molecule has 0 bridgehead atoms. The predicted molar refractivity (Wildman–Crippen MR) is 124 cm³/mol. The van der Waals surface area contributed by atoms with E-state index < -0.39 is 61.9 Å². The molecule has 1 aliphatic rings. The van der Waals surface area contributed by atoms with E-state index in [0.29, 0.717) is 0 Å². The summed E-state index contributed by atoms with van der Waals surface area (Å²) in [4.78, 5) is 1.07. The highest BCUT2D eigenvalue weighted by molar-refractivity contribution is 5.80. The average Bonchev–Trinajstić information content (AvgIpc) is 2.87. The van der Waals surface area contributed by atoms with Gasteiger partial charge in [-0.05, 0) is 41.5 Å². The van der Waals surface area contributed by atoms with Crippen molar-refractivity contribution in [1.29, 1.82) is 0 Å². The van der Waals surface area contributed by atoms with Gasteiger partial charge in [-0.25, -0.2) is 0 Å². The van der Waals surface area contributed by atoms with Crippen LogP contribution >= 0.6 is 0 Å². The molecule has 0 spiro atoms. The van der Waals surface area contributed by atoms with E-state index in [-0.39, 0.29) is 28.1 Å². The smallest absolute Gasteiger partial charge is 0.488 e. The second-order valence-electron chi connectivity index (χ2n) is 8.80. The molecule has 0 aromatic heterocycles. The first kappa shape index (κ1) is 30.1. The van der Waals surface area contributed by atoms with Crippen LogP contribution in [0.5, 0.6) is 17.2 Å². The van der Waals surface area contributed by atoms with Crippen molar-refractivity contribution in [2.24, 2.45) is 0 Å². The van der Waals surface area contributed by atoms with Crippen molar-refractivity contribution in [3.63, 3.8) is 0 Å². The molecule has 15 heteroatoms. The standard InChI is InChI=1S/C26H19F10NO4/c27-23(28)25(32,33)40-16-6-2-5-15(11-16)20-13-39-22-18(14-4-1-7-17(10-14)41-26(34,35)36)8-3-9-19(22)37(20)12-21(38)24(29,30)31/h1-11,20-21,23,38H,12-13H2/t20-,21-/m0/s1. The fourth-order valence-electron chi connectivity index (χ4n) is 4.19. The lowest BCUT2D eigenvalue weighted by Crippen LogP contribution is -2.46. The second kappa shape index (κ2) is 11.2. The van der Waals surface area contributed by atoms with Crippen LogP contribution in [0.3, 0.4) is 0 Å². The normalized spacial score (nSPS) is 16.7. The zero-order valence-corrected chi connectivity index (χ0v) is 20.4. The fourth-order valence-corrected chi connectivity index (χ4v) is 4.19. The second-order valence-corrected chi connectivity index (χ2v) is 8.80. The van der Waals surface area contributed by atoms with E-state index in [1.165, 1.54) is 36.4 Å². The van der Waals surface area contributed by atoms with Gasteiger partial charge in [0.05, 0.1) is 18.3 Å². The summed E-state index contributed by atoms with van der Waals surface area (Å²) in [5.74, 6) is -1.31. The molecule has 5 nitrogen and oxygen atoms in total. The Labute approximate surface area is 225 Å². The molecular weight excluding hydrogens is 580 g/mol. The van der Waals surface area contributed by atoms with Gasteiger partial charge in [-0.1, -0.05) is 36.4 Å². The Bertz CT molecular complexity index is 1360. The third-order valence-corrected chi connectivity index (χ3v) is 5.94. The SMILES string of the molecule is O[C@@H](CN1c2cccc(-c3cccc(OC(F)(F)F)c3)c2OC[C@H]1c1cccc(OC(F)(F)C(F)F)c1)C(F)(F)F. The predicted octanol–water partition coefficient (Wildman–Crippen LogP) is 7.35. The molecule has 1 N–H and O–H groups in total. The Morgan fingerprint density at radius 1 is 0.854 bits per heavy atom. The molecule has 0 saturated heterocycles. The highest BCUT2D eigenvalue weighted by Gasteiger charge is 2.45. The van der Waals surface area contributed by atoms with Crippen LogP contribution in [-0.4, -0.2) is 49.4 Å². The molecule has 0 radical (unpaired) electrons. The van der Waals surface area contributed by atoms with E-state index >= 15 is 0 Å². The van der Waals surface area contributed by atoms with Gasteiger partial charge in [-0.2, -0.15) is 30.7 Å². The van der Waals surface area contributed by atoms with Crippen LogP contribution in [0.2, 0.25) is 0 Å². The molecule has 41 heavy (non-hydrogen) atoms. The maximum Gasteiger partial charge on any atom is 0.573 e. The van der Waals surface area contributed by atoms with Crippen LogP contribution in [0.1, 0.15) is 11.6 Å². The van der Waals surface area contributed by atoms with Crippen LogP contribution in [0.4, 0.5) is 49.6 Å². The third kappa shape index (κ3) is 7.07. The lowest BCUT2D eigenvalue weighted by atomic mass is 9.98. The molecular formula is C26H19F10NO4. The summed E-state index contributed by atoms with van der Waals surface area (Å²) < 4.78 is 144. The van der Waals surface area contributed by atoms with Crippen LogP contribution in [0, 0.1) is 0 Å². The summed E-state index contributed by atoms with van der Waals surface area (Å²) in [6, 6.07) is 12.1. The van der Waals surface area contributed by atoms with Crippen molar-refractivity contribution in [2.45, 2.75) is 37.2 Å². The molecule has 2 atom stereocenters. The topological polar surface area (TPSA) is 51.2 Å². The number of ether oxygens (including phenoxy) is 3. The number of fused-ring (bicyclic) bond motifs is 1. The molecule has 222 valence electrons. The number of rotatable bonds is 8. The largest absolute Gasteiger partial charge is 0.573 e.